The predicted molar refractivity (Wildman–Crippen MR) is 71.0 cm³/mol. The lowest BCUT2D eigenvalue weighted by Gasteiger charge is -2.28. The van der Waals surface area contributed by atoms with Gasteiger partial charge in [-0.15, -0.1) is 0 Å². The highest BCUT2D eigenvalue weighted by molar-refractivity contribution is 5.76. The summed E-state index contributed by atoms with van der Waals surface area (Å²) in [7, 11) is 3.53. The first-order valence-electron chi connectivity index (χ1n) is 7.10. The Morgan fingerprint density at radius 1 is 1.44 bits per heavy atom. The Morgan fingerprint density at radius 2 is 2.22 bits per heavy atom. The Balaban J connectivity index is 1.77. The number of nitrogens with zero attached hydrogens (tertiary/aromatic N) is 1. The molecule has 0 radical (unpaired) electrons. The van der Waals surface area contributed by atoms with Crippen molar-refractivity contribution in [3.05, 3.63) is 0 Å². The van der Waals surface area contributed by atoms with Gasteiger partial charge in [0.15, 0.2) is 0 Å². The maximum absolute atomic E-state index is 12.1. The van der Waals surface area contributed by atoms with E-state index in [-0.39, 0.29) is 12.0 Å². The van der Waals surface area contributed by atoms with Crippen molar-refractivity contribution in [1.82, 2.24) is 4.90 Å². The van der Waals surface area contributed by atoms with Gasteiger partial charge < -0.3 is 15.4 Å². The molecular formula is C14H26N2O2. The van der Waals surface area contributed by atoms with E-state index in [0.29, 0.717) is 13.0 Å². The molecule has 2 aliphatic carbocycles. The van der Waals surface area contributed by atoms with E-state index in [1.807, 2.05) is 11.9 Å². The third-order valence-electron chi connectivity index (χ3n) is 4.82. The van der Waals surface area contributed by atoms with Crippen LogP contribution in [0.25, 0.3) is 0 Å². The number of fused-ring (bicyclic) bond motifs is 2. The minimum atomic E-state index is -0.139. The Morgan fingerprint density at radius 3 is 2.72 bits per heavy atom. The lowest BCUT2D eigenvalue weighted by molar-refractivity contribution is -0.133. The zero-order valence-corrected chi connectivity index (χ0v) is 11.6. The van der Waals surface area contributed by atoms with Gasteiger partial charge in [0.2, 0.25) is 5.91 Å². The molecule has 2 saturated carbocycles. The predicted octanol–water partition coefficient (Wildman–Crippen LogP) is 1.24. The second-order valence-corrected chi connectivity index (χ2v) is 6.01. The van der Waals surface area contributed by atoms with Crippen LogP contribution in [-0.2, 0) is 9.53 Å². The number of ether oxygens (including phenoxy) is 1. The first-order valence-corrected chi connectivity index (χ1v) is 7.10. The SMILES string of the molecule is COC(CN)CC(=O)N(C)CC1CC2CCC1C2. The third kappa shape index (κ3) is 3.04. The van der Waals surface area contributed by atoms with Gasteiger partial charge in [-0.3, -0.25) is 4.79 Å². The summed E-state index contributed by atoms with van der Waals surface area (Å²) >= 11 is 0. The molecule has 104 valence electrons. The van der Waals surface area contributed by atoms with Gasteiger partial charge in [0.05, 0.1) is 12.5 Å². The first-order chi connectivity index (χ1) is 8.63. The zero-order chi connectivity index (χ0) is 13.1. The highest BCUT2D eigenvalue weighted by Crippen LogP contribution is 2.48. The van der Waals surface area contributed by atoms with Crippen molar-refractivity contribution in [1.29, 1.82) is 0 Å². The first kappa shape index (κ1) is 13.8. The Labute approximate surface area is 110 Å². The van der Waals surface area contributed by atoms with Crippen LogP contribution >= 0.6 is 0 Å². The number of nitrogens with two attached hydrogens (primary N) is 1. The second kappa shape index (κ2) is 6.02. The molecule has 2 bridgehead atoms. The van der Waals surface area contributed by atoms with Gasteiger partial charge in [0.1, 0.15) is 0 Å². The van der Waals surface area contributed by atoms with E-state index in [2.05, 4.69) is 0 Å². The van der Waals surface area contributed by atoms with Crippen molar-refractivity contribution in [2.24, 2.45) is 23.5 Å². The van der Waals surface area contributed by atoms with Gasteiger partial charge in [0, 0.05) is 27.2 Å². The molecule has 2 fully saturated rings. The maximum atomic E-state index is 12.1. The minimum Gasteiger partial charge on any atom is -0.380 e. The lowest BCUT2D eigenvalue weighted by atomic mass is 9.88. The minimum absolute atomic E-state index is 0.139. The monoisotopic (exact) mass is 254 g/mol. The van der Waals surface area contributed by atoms with E-state index >= 15 is 0 Å². The molecule has 0 aromatic heterocycles. The molecule has 4 heteroatoms. The fourth-order valence-electron chi connectivity index (χ4n) is 3.67. The Hall–Kier alpha value is -0.610. The normalized spacial score (nSPS) is 31.6. The number of hydrogen-bond donors (Lipinski definition) is 1. The van der Waals surface area contributed by atoms with E-state index in [1.165, 1.54) is 25.7 Å². The van der Waals surface area contributed by atoms with Crippen molar-refractivity contribution in [2.75, 3.05) is 27.2 Å². The van der Waals surface area contributed by atoms with Crippen LogP contribution in [0.5, 0.6) is 0 Å². The topological polar surface area (TPSA) is 55.6 Å². The smallest absolute Gasteiger partial charge is 0.224 e. The fourth-order valence-corrected chi connectivity index (χ4v) is 3.67. The van der Waals surface area contributed by atoms with Gasteiger partial charge in [0.25, 0.3) is 0 Å². The molecular weight excluding hydrogens is 228 g/mol. The van der Waals surface area contributed by atoms with Gasteiger partial charge in [-0.25, -0.2) is 0 Å². The number of rotatable bonds is 6. The van der Waals surface area contributed by atoms with Crippen molar-refractivity contribution in [2.45, 2.75) is 38.2 Å². The standard InChI is InChI=1S/C14H26N2O2/c1-16(14(17)7-13(8-15)18-2)9-12-6-10-3-4-11(12)5-10/h10-13H,3-9,15H2,1-2H3. The molecule has 1 amide bonds. The van der Waals surface area contributed by atoms with Gasteiger partial charge in [-0.1, -0.05) is 6.42 Å². The third-order valence-corrected chi connectivity index (χ3v) is 4.82. The summed E-state index contributed by atoms with van der Waals surface area (Å²) in [5.41, 5.74) is 5.55. The molecule has 0 aromatic rings. The lowest BCUT2D eigenvalue weighted by Crippen LogP contribution is -2.37. The molecule has 4 unspecified atom stereocenters. The van der Waals surface area contributed by atoms with E-state index in [9.17, 15) is 4.79 Å². The van der Waals surface area contributed by atoms with E-state index in [0.717, 1.165) is 24.3 Å². The van der Waals surface area contributed by atoms with Gasteiger partial charge in [-0.2, -0.15) is 0 Å². The van der Waals surface area contributed by atoms with Crippen molar-refractivity contribution < 1.29 is 9.53 Å². The molecule has 4 nitrogen and oxygen atoms in total. The molecule has 2 rings (SSSR count). The van der Waals surface area contributed by atoms with Crippen LogP contribution in [0.4, 0.5) is 0 Å². The maximum Gasteiger partial charge on any atom is 0.224 e. The molecule has 2 aliphatic rings. The molecule has 0 heterocycles. The van der Waals surface area contributed by atoms with Crippen LogP contribution in [0.1, 0.15) is 32.1 Å². The molecule has 0 saturated heterocycles. The molecule has 0 spiro atoms. The largest absolute Gasteiger partial charge is 0.380 e. The summed E-state index contributed by atoms with van der Waals surface area (Å²) in [4.78, 5) is 13.9. The van der Waals surface area contributed by atoms with Crippen LogP contribution in [-0.4, -0.2) is 44.2 Å². The van der Waals surface area contributed by atoms with E-state index in [1.54, 1.807) is 7.11 Å². The fraction of sp³-hybridized carbons (Fsp3) is 0.929. The summed E-state index contributed by atoms with van der Waals surface area (Å²) < 4.78 is 5.17. The van der Waals surface area contributed by atoms with Crippen LogP contribution in [0.15, 0.2) is 0 Å². The van der Waals surface area contributed by atoms with Crippen LogP contribution in [0.2, 0.25) is 0 Å². The number of carbonyl (C=O) groups excluding carboxylic acids is 1. The van der Waals surface area contributed by atoms with Gasteiger partial charge in [-0.05, 0) is 37.0 Å². The quantitative estimate of drug-likeness (QED) is 0.776. The molecule has 4 atom stereocenters. The molecule has 18 heavy (non-hydrogen) atoms. The zero-order valence-electron chi connectivity index (χ0n) is 11.6. The van der Waals surface area contributed by atoms with E-state index in [4.69, 9.17) is 10.5 Å². The Kier molecular flexibility index (Phi) is 4.62. The van der Waals surface area contributed by atoms with Crippen LogP contribution in [0.3, 0.4) is 0 Å². The summed E-state index contributed by atoms with van der Waals surface area (Å²) in [5.74, 6) is 2.71. The highest BCUT2D eigenvalue weighted by Gasteiger charge is 2.40. The van der Waals surface area contributed by atoms with Crippen LogP contribution in [0, 0.1) is 17.8 Å². The van der Waals surface area contributed by atoms with Crippen LogP contribution < -0.4 is 5.73 Å². The number of methoxy groups -OCH3 is 1. The van der Waals surface area contributed by atoms with Crippen molar-refractivity contribution >= 4 is 5.91 Å². The molecule has 0 aromatic carbocycles. The number of amides is 1. The second-order valence-electron chi connectivity index (χ2n) is 6.01. The van der Waals surface area contributed by atoms with Crippen molar-refractivity contribution in [3.8, 4) is 0 Å². The van der Waals surface area contributed by atoms with Gasteiger partial charge >= 0.3 is 0 Å². The highest BCUT2D eigenvalue weighted by atomic mass is 16.5. The Bertz CT molecular complexity index is 292. The summed E-state index contributed by atoms with van der Waals surface area (Å²) in [6, 6.07) is 0. The summed E-state index contributed by atoms with van der Waals surface area (Å²) in [6.45, 7) is 1.32. The summed E-state index contributed by atoms with van der Waals surface area (Å²) in [6.07, 6.45) is 5.78. The van der Waals surface area contributed by atoms with E-state index < -0.39 is 0 Å². The average molecular weight is 254 g/mol. The summed E-state index contributed by atoms with van der Waals surface area (Å²) in [5, 5.41) is 0. The number of carbonyl (C=O) groups is 1. The number of hydrogen-bond acceptors (Lipinski definition) is 3. The molecule has 0 aliphatic heterocycles. The molecule has 2 N–H and O–H groups in total. The van der Waals surface area contributed by atoms with Crippen molar-refractivity contribution in [3.63, 3.8) is 0 Å². The average Bonchev–Trinajstić information content (AvgIpc) is 2.97.